The minimum atomic E-state index is -1.04. The lowest BCUT2D eigenvalue weighted by atomic mass is 9.96. The highest BCUT2D eigenvalue weighted by atomic mass is 16.4. The molecule has 0 radical (unpaired) electrons. The Morgan fingerprint density at radius 1 is 1.38 bits per heavy atom. The molecule has 6 nitrogen and oxygen atoms in total. The molecule has 114 valence electrons. The third kappa shape index (κ3) is 4.01. The highest BCUT2D eigenvalue weighted by Crippen LogP contribution is 2.17. The molecule has 0 atom stereocenters. The van der Waals surface area contributed by atoms with Crippen LogP contribution in [0, 0.1) is 5.92 Å². The number of pyridine rings is 1. The van der Waals surface area contributed by atoms with E-state index in [0.717, 1.165) is 32.5 Å². The van der Waals surface area contributed by atoms with Crippen molar-refractivity contribution in [3.05, 3.63) is 29.6 Å². The minimum Gasteiger partial charge on any atom is -0.478 e. The van der Waals surface area contributed by atoms with E-state index in [1.165, 1.54) is 18.3 Å². The number of carboxylic acid groups (broad SMARTS) is 1. The van der Waals surface area contributed by atoms with Crippen LogP contribution in [0.3, 0.4) is 0 Å². The van der Waals surface area contributed by atoms with Crippen molar-refractivity contribution in [3.8, 4) is 0 Å². The average molecular weight is 291 g/mol. The first-order valence-corrected chi connectivity index (χ1v) is 7.10. The third-order valence-electron chi connectivity index (χ3n) is 3.95. The fourth-order valence-corrected chi connectivity index (χ4v) is 2.56. The summed E-state index contributed by atoms with van der Waals surface area (Å²) in [6.45, 7) is 2.85. The van der Waals surface area contributed by atoms with E-state index in [9.17, 15) is 9.59 Å². The fourth-order valence-electron chi connectivity index (χ4n) is 2.56. The van der Waals surface area contributed by atoms with Crippen LogP contribution in [0.15, 0.2) is 18.3 Å². The number of amides is 1. The van der Waals surface area contributed by atoms with Gasteiger partial charge in [0.05, 0.1) is 5.56 Å². The van der Waals surface area contributed by atoms with Crippen molar-refractivity contribution in [1.29, 1.82) is 0 Å². The lowest BCUT2D eigenvalue weighted by molar-refractivity contribution is 0.0692. The molecular formula is C15H21N3O3. The van der Waals surface area contributed by atoms with Gasteiger partial charge in [-0.2, -0.15) is 0 Å². The standard InChI is InChI=1S/C15H21N3O3/c1-17-7-5-11(6-8-17)10-18(2)14(19)13-4-3-12(9-16-13)15(20)21/h3-4,9,11H,5-8,10H2,1-2H3,(H,20,21). The summed E-state index contributed by atoms with van der Waals surface area (Å²) in [6.07, 6.45) is 3.41. The van der Waals surface area contributed by atoms with Crippen molar-refractivity contribution >= 4 is 11.9 Å². The van der Waals surface area contributed by atoms with Crippen LogP contribution in [0.25, 0.3) is 0 Å². The Kier molecular flexibility index (Phi) is 4.90. The number of hydrogen-bond acceptors (Lipinski definition) is 4. The van der Waals surface area contributed by atoms with Crippen molar-refractivity contribution in [2.45, 2.75) is 12.8 Å². The van der Waals surface area contributed by atoms with Gasteiger partial charge in [0.1, 0.15) is 5.69 Å². The zero-order valence-corrected chi connectivity index (χ0v) is 12.5. The molecule has 2 heterocycles. The van der Waals surface area contributed by atoms with Gasteiger partial charge in [-0.05, 0) is 51.0 Å². The predicted molar refractivity (Wildman–Crippen MR) is 78.4 cm³/mol. The number of aromatic carboxylic acids is 1. The van der Waals surface area contributed by atoms with Crippen LogP contribution >= 0.6 is 0 Å². The second-order valence-electron chi connectivity index (χ2n) is 5.67. The van der Waals surface area contributed by atoms with Crippen LogP contribution in [0.1, 0.15) is 33.7 Å². The van der Waals surface area contributed by atoms with Gasteiger partial charge >= 0.3 is 5.97 Å². The Bertz CT molecular complexity index is 507. The molecular weight excluding hydrogens is 270 g/mol. The summed E-state index contributed by atoms with van der Waals surface area (Å²) < 4.78 is 0. The lowest BCUT2D eigenvalue weighted by Crippen LogP contribution is -2.38. The molecule has 1 amide bonds. The van der Waals surface area contributed by atoms with Crippen LogP contribution < -0.4 is 0 Å². The molecule has 1 aromatic heterocycles. The topological polar surface area (TPSA) is 73.7 Å². The molecule has 2 rings (SSSR count). The Hall–Kier alpha value is -1.95. The van der Waals surface area contributed by atoms with E-state index in [1.54, 1.807) is 11.9 Å². The van der Waals surface area contributed by atoms with Crippen LogP contribution in [-0.2, 0) is 0 Å². The first kappa shape index (κ1) is 15.4. The number of nitrogens with zero attached hydrogens (tertiary/aromatic N) is 3. The summed E-state index contributed by atoms with van der Waals surface area (Å²) in [4.78, 5) is 31.0. The molecule has 0 aliphatic carbocycles. The molecule has 0 aromatic carbocycles. The van der Waals surface area contributed by atoms with Gasteiger partial charge in [0.15, 0.2) is 0 Å². The van der Waals surface area contributed by atoms with Crippen LogP contribution in [0.2, 0.25) is 0 Å². The van der Waals surface area contributed by atoms with E-state index in [2.05, 4.69) is 16.9 Å². The molecule has 1 aliphatic rings. The number of piperidine rings is 1. The van der Waals surface area contributed by atoms with Gasteiger partial charge in [-0.25, -0.2) is 4.79 Å². The molecule has 21 heavy (non-hydrogen) atoms. The molecule has 1 aromatic rings. The second kappa shape index (κ2) is 6.67. The van der Waals surface area contributed by atoms with Crippen molar-refractivity contribution in [2.24, 2.45) is 5.92 Å². The van der Waals surface area contributed by atoms with Crippen molar-refractivity contribution in [1.82, 2.24) is 14.8 Å². The maximum Gasteiger partial charge on any atom is 0.337 e. The summed E-state index contributed by atoms with van der Waals surface area (Å²) in [6, 6.07) is 2.88. The normalized spacial score (nSPS) is 16.7. The molecule has 1 N–H and O–H groups in total. The van der Waals surface area contributed by atoms with Gasteiger partial charge in [0.25, 0.3) is 5.91 Å². The number of carbonyl (C=O) groups is 2. The molecule has 0 saturated carbocycles. The van der Waals surface area contributed by atoms with Gasteiger partial charge in [-0.15, -0.1) is 0 Å². The molecule has 0 spiro atoms. The number of hydrogen-bond donors (Lipinski definition) is 1. The smallest absolute Gasteiger partial charge is 0.337 e. The summed E-state index contributed by atoms with van der Waals surface area (Å²) in [5, 5.41) is 8.82. The van der Waals surface area contributed by atoms with Gasteiger partial charge in [-0.3, -0.25) is 9.78 Å². The third-order valence-corrected chi connectivity index (χ3v) is 3.95. The van der Waals surface area contributed by atoms with Gasteiger partial charge in [-0.1, -0.05) is 0 Å². The Balaban J connectivity index is 1.94. The average Bonchev–Trinajstić information content (AvgIpc) is 2.49. The fraction of sp³-hybridized carbons (Fsp3) is 0.533. The van der Waals surface area contributed by atoms with Crippen LogP contribution in [0.5, 0.6) is 0 Å². The number of rotatable bonds is 4. The zero-order chi connectivity index (χ0) is 15.4. The van der Waals surface area contributed by atoms with E-state index >= 15 is 0 Å². The van der Waals surface area contributed by atoms with Gasteiger partial charge in [0, 0.05) is 19.8 Å². The zero-order valence-electron chi connectivity index (χ0n) is 12.5. The van der Waals surface area contributed by atoms with Crippen molar-refractivity contribution in [3.63, 3.8) is 0 Å². The quantitative estimate of drug-likeness (QED) is 0.902. The summed E-state index contributed by atoms with van der Waals surface area (Å²) >= 11 is 0. The Labute approximate surface area is 124 Å². The second-order valence-corrected chi connectivity index (χ2v) is 5.67. The molecule has 6 heteroatoms. The van der Waals surface area contributed by atoms with E-state index in [-0.39, 0.29) is 17.2 Å². The van der Waals surface area contributed by atoms with Crippen molar-refractivity contribution < 1.29 is 14.7 Å². The molecule has 1 saturated heterocycles. The highest BCUT2D eigenvalue weighted by Gasteiger charge is 2.21. The Morgan fingerprint density at radius 3 is 2.57 bits per heavy atom. The minimum absolute atomic E-state index is 0.0875. The maximum atomic E-state index is 12.3. The first-order valence-electron chi connectivity index (χ1n) is 7.10. The highest BCUT2D eigenvalue weighted by molar-refractivity contribution is 5.93. The number of aromatic nitrogens is 1. The summed E-state index contributed by atoms with van der Waals surface area (Å²) in [7, 11) is 3.88. The number of carboxylic acids is 1. The molecule has 0 unspecified atom stereocenters. The first-order chi connectivity index (χ1) is 9.97. The predicted octanol–water partition coefficient (Wildman–Crippen LogP) is 1.19. The van der Waals surface area contributed by atoms with Gasteiger partial charge < -0.3 is 14.9 Å². The summed E-state index contributed by atoms with van der Waals surface area (Å²) in [5.41, 5.74) is 0.375. The molecule has 0 bridgehead atoms. The van der Waals surface area contributed by atoms with E-state index in [0.29, 0.717) is 5.92 Å². The summed E-state index contributed by atoms with van der Waals surface area (Å²) in [5.74, 6) is -0.680. The largest absolute Gasteiger partial charge is 0.478 e. The maximum absolute atomic E-state index is 12.3. The monoisotopic (exact) mass is 291 g/mol. The van der Waals surface area contributed by atoms with Crippen LogP contribution in [0.4, 0.5) is 0 Å². The van der Waals surface area contributed by atoms with E-state index < -0.39 is 5.97 Å². The van der Waals surface area contributed by atoms with Crippen LogP contribution in [-0.4, -0.2) is 65.5 Å². The lowest BCUT2D eigenvalue weighted by Gasteiger charge is -2.31. The molecule has 1 aliphatic heterocycles. The Morgan fingerprint density at radius 2 is 2.05 bits per heavy atom. The molecule has 1 fully saturated rings. The number of carbonyl (C=O) groups excluding carboxylic acids is 1. The number of likely N-dealkylation sites (tertiary alicyclic amines) is 1. The SMILES string of the molecule is CN1CCC(CN(C)C(=O)c2ccc(C(=O)O)cn2)CC1. The van der Waals surface area contributed by atoms with Crippen molar-refractivity contribution in [2.75, 3.05) is 33.7 Å². The van der Waals surface area contributed by atoms with Gasteiger partial charge in [0.2, 0.25) is 0 Å². The van der Waals surface area contributed by atoms with E-state index in [1.807, 2.05) is 0 Å². The van der Waals surface area contributed by atoms with E-state index in [4.69, 9.17) is 5.11 Å².